The van der Waals surface area contributed by atoms with Gasteiger partial charge in [-0.05, 0) is 77.3 Å². The van der Waals surface area contributed by atoms with Gasteiger partial charge in [-0.1, -0.05) is 161 Å². The number of benzene rings is 4. The summed E-state index contributed by atoms with van der Waals surface area (Å²) < 4.78 is 6.15. The molecule has 0 amide bonds. The highest BCUT2D eigenvalue weighted by atomic mass is 16.5. The summed E-state index contributed by atoms with van der Waals surface area (Å²) in [5, 5.41) is 0. The predicted octanol–water partition coefficient (Wildman–Crippen LogP) is 12.6. The Hall–Kier alpha value is -3.32. The van der Waals surface area contributed by atoms with Crippen LogP contribution >= 0.6 is 0 Å². The Balaban J connectivity index is 0.00000102. The van der Waals surface area contributed by atoms with Crippen LogP contribution < -0.4 is 4.74 Å². The zero-order chi connectivity index (χ0) is 32.1. The van der Waals surface area contributed by atoms with E-state index in [-0.39, 0.29) is 16.4 Å². The Labute approximate surface area is 259 Å². The summed E-state index contributed by atoms with van der Waals surface area (Å²) in [4.78, 5) is 0. The lowest BCUT2D eigenvalue weighted by Crippen LogP contribution is -2.29. The molecule has 0 radical (unpaired) electrons. The Morgan fingerprint density at radius 1 is 0.452 bits per heavy atom. The molecule has 42 heavy (non-hydrogen) atoms. The Morgan fingerprint density at radius 3 is 1.17 bits per heavy atom. The molecule has 0 unspecified atom stereocenters. The van der Waals surface area contributed by atoms with Gasteiger partial charge in [-0.25, -0.2) is 0 Å². The minimum atomic E-state index is -0.371. The second kappa shape index (κ2) is 16.4. The van der Waals surface area contributed by atoms with E-state index in [9.17, 15) is 0 Å². The van der Waals surface area contributed by atoms with Gasteiger partial charge in [-0.2, -0.15) is 0 Å². The van der Waals surface area contributed by atoms with Crippen LogP contribution in [0.3, 0.4) is 0 Å². The highest BCUT2D eigenvalue weighted by Gasteiger charge is 2.45. The lowest BCUT2D eigenvalue weighted by molar-refractivity contribution is 0.131. The van der Waals surface area contributed by atoms with Crippen molar-refractivity contribution in [3.8, 4) is 16.9 Å². The molecule has 1 aliphatic rings. The first kappa shape index (κ1) is 36.7. The second-order valence-corrected chi connectivity index (χ2v) is 11.4. The van der Waals surface area contributed by atoms with Crippen molar-refractivity contribution in [3.63, 3.8) is 0 Å². The summed E-state index contributed by atoms with van der Waals surface area (Å²) in [5.74, 6) is 0.897. The van der Waals surface area contributed by atoms with E-state index in [2.05, 4.69) is 139 Å². The zero-order valence-electron chi connectivity index (χ0n) is 29.1. The summed E-state index contributed by atoms with van der Waals surface area (Å²) in [7, 11) is 0. The van der Waals surface area contributed by atoms with Crippen LogP contribution in [0, 0.1) is 0 Å². The molecular weight excluding hydrogens is 508 g/mol. The van der Waals surface area contributed by atoms with Crippen LogP contribution in [0.1, 0.15) is 125 Å². The molecule has 5 rings (SSSR count). The van der Waals surface area contributed by atoms with E-state index in [1.165, 1.54) is 38.9 Å². The third-order valence-corrected chi connectivity index (χ3v) is 6.85. The minimum Gasteiger partial charge on any atom is -0.488 e. The Kier molecular flexibility index (Phi) is 14.3. The predicted molar refractivity (Wildman–Crippen MR) is 188 cm³/mol. The van der Waals surface area contributed by atoms with Crippen LogP contribution in [0.2, 0.25) is 0 Å². The van der Waals surface area contributed by atoms with Gasteiger partial charge in [0.2, 0.25) is 0 Å². The monoisotopic (exact) mass is 566 g/mol. The van der Waals surface area contributed by atoms with E-state index in [0.717, 1.165) is 5.75 Å². The molecule has 0 aliphatic heterocycles. The molecule has 1 heteroatoms. The quantitative estimate of drug-likeness (QED) is 0.211. The summed E-state index contributed by atoms with van der Waals surface area (Å²) >= 11 is 0. The summed E-state index contributed by atoms with van der Waals surface area (Å²) in [5.41, 5.74) is 8.72. The van der Waals surface area contributed by atoms with Crippen LogP contribution in [0.15, 0.2) is 97.1 Å². The van der Waals surface area contributed by atoms with Gasteiger partial charge in [-0.15, -0.1) is 0 Å². The third-order valence-electron chi connectivity index (χ3n) is 6.85. The fraction of sp³-hybridized carbons (Fsp3) is 0.415. The first-order chi connectivity index (χ1) is 20.1. The fourth-order valence-electron chi connectivity index (χ4n) is 5.37. The van der Waals surface area contributed by atoms with Gasteiger partial charge < -0.3 is 4.74 Å². The van der Waals surface area contributed by atoms with Crippen molar-refractivity contribution >= 4 is 0 Å². The maximum absolute atomic E-state index is 6.15. The van der Waals surface area contributed by atoms with Crippen molar-refractivity contribution in [3.05, 3.63) is 125 Å². The van der Waals surface area contributed by atoms with E-state index in [1.54, 1.807) is 0 Å². The smallest absolute Gasteiger partial charge is 0.120 e. The van der Waals surface area contributed by atoms with Crippen molar-refractivity contribution in [2.24, 2.45) is 0 Å². The average molecular weight is 567 g/mol. The lowest BCUT2D eigenvalue weighted by atomic mass is 9.67. The summed E-state index contributed by atoms with van der Waals surface area (Å²) in [6.45, 7) is 29.1. The van der Waals surface area contributed by atoms with Crippen molar-refractivity contribution in [2.75, 3.05) is 0 Å². The highest BCUT2D eigenvalue weighted by molar-refractivity contribution is 5.86. The van der Waals surface area contributed by atoms with E-state index in [4.69, 9.17) is 4.74 Å². The molecule has 0 aromatic heterocycles. The molecule has 1 nitrogen and oxygen atoms in total. The zero-order valence-corrected chi connectivity index (χ0v) is 29.1. The van der Waals surface area contributed by atoms with Crippen LogP contribution in [0.5, 0.6) is 5.75 Å². The van der Waals surface area contributed by atoms with Gasteiger partial charge in [0.25, 0.3) is 0 Å². The van der Waals surface area contributed by atoms with Gasteiger partial charge in [0.05, 0.1) is 5.41 Å². The average Bonchev–Trinajstić information content (AvgIpc) is 3.32. The molecule has 0 fully saturated rings. The van der Waals surface area contributed by atoms with Crippen LogP contribution in [-0.4, -0.2) is 5.60 Å². The number of hydrogen-bond acceptors (Lipinski definition) is 1. The van der Waals surface area contributed by atoms with Crippen LogP contribution in [0.25, 0.3) is 11.1 Å². The van der Waals surface area contributed by atoms with Crippen molar-refractivity contribution in [1.82, 2.24) is 0 Å². The van der Waals surface area contributed by atoms with Gasteiger partial charge in [-0.3, -0.25) is 0 Å². The molecule has 0 heterocycles. The SMILES string of the molecule is CC.CC.CC.CC.CC(C)(C)Oc1ccc(C2(c3ccc(C(C)(C)C)cc3)c3ccccc3-c3ccccc32)cc1. The fourth-order valence-corrected chi connectivity index (χ4v) is 5.37. The van der Waals surface area contributed by atoms with Crippen molar-refractivity contribution in [1.29, 1.82) is 0 Å². The molecule has 0 bridgehead atoms. The topological polar surface area (TPSA) is 9.23 Å². The van der Waals surface area contributed by atoms with Crippen molar-refractivity contribution < 1.29 is 4.74 Å². The van der Waals surface area contributed by atoms with Crippen LogP contribution in [0.4, 0.5) is 0 Å². The van der Waals surface area contributed by atoms with Gasteiger partial charge in [0, 0.05) is 0 Å². The van der Waals surface area contributed by atoms with Crippen molar-refractivity contribution in [2.45, 2.75) is 113 Å². The molecular formula is C41H58O. The number of ether oxygens (including phenoxy) is 1. The largest absolute Gasteiger partial charge is 0.488 e. The molecule has 1 aliphatic carbocycles. The molecule has 0 spiro atoms. The normalized spacial score (nSPS) is 12.2. The van der Waals surface area contributed by atoms with Gasteiger partial charge >= 0.3 is 0 Å². The maximum atomic E-state index is 6.15. The summed E-state index contributed by atoms with van der Waals surface area (Å²) in [6.07, 6.45) is 0. The van der Waals surface area contributed by atoms with E-state index < -0.39 is 0 Å². The molecule has 0 saturated heterocycles. The molecule has 0 atom stereocenters. The molecule has 0 saturated carbocycles. The Morgan fingerprint density at radius 2 is 0.810 bits per heavy atom. The third kappa shape index (κ3) is 7.74. The second-order valence-electron chi connectivity index (χ2n) is 11.4. The highest BCUT2D eigenvalue weighted by Crippen LogP contribution is 2.56. The summed E-state index contributed by atoms with van der Waals surface area (Å²) in [6, 6.07) is 35.8. The molecule has 228 valence electrons. The Bertz CT molecular complexity index is 1270. The number of hydrogen-bond donors (Lipinski definition) is 0. The first-order valence-electron chi connectivity index (χ1n) is 16.2. The standard InChI is InChI=1S/C33H34O.4C2H6/c1-31(2,3)23-15-17-24(18-16-23)33(25-19-21-26(22-20-25)34-32(4,5)6)29-13-9-7-11-27(29)28-12-8-10-14-30(28)33;4*1-2/h7-22H,1-6H3;4*1-2H3. The van der Waals surface area contributed by atoms with Gasteiger partial charge in [0.1, 0.15) is 11.4 Å². The van der Waals surface area contributed by atoms with Gasteiger partial charge in [0.15, 0.2) is 0 Å². The number of rotatable bonds is 3. The number of fused-ring (bicyclic) bond motifs is 3. The molecule has 0 N–H and O–H groups in total. The lowest BCUT2D eigenvalue weighted by Gasteiger charge is -2.34. The van der Waals surface area contributed by atoms with E-state index in [0.29, 0.717) is 0 Å². The molecule has 4 aromatic rings. The maximum Gasteiger partial charge on any atom is 0.120 e. The minimum absolute atomic E-state index is 0.114. The van der Waals surface area contributed by atoms with E-state index in [1.807, 2.05) is 55.4 Å². The van der Waals surface area contributed by atoms with E-state index >= 15 is 0 Å². The first-order valence-corrected chi connectivity index (χ1v) is 16.2. The molecule has 4 aromatic carbocycles. The van der Waals surface area contributed by atoms with Crippen LogP contribution in [-0.2, 0) is 10.8 Å².